The average Bonchev–Trinajstić information content (AvgIpc) is 3.34. The molecule has 6 aromatic rings. The molecule has 0 spiro atoms. The first-order chi connectivity index (χ1) is 36.3. The van der Waals surface area contributed by atoms with Crippen LogP contribution in [0.25, 0.3) is 10.8 Å². The van der Waals surface area contributed by atoms with Crippen LogP contribution in [-0.4, -0.2) is 117 Å². The van der Waals surface area contributed by atoms with Crippen molar-refractivity contribution in [3.63, 3.8) is 0 Å². The van der Waals surface area contributed by atoms with E-state index in [4.69, 9.17) is 4.74 Å². The van der Waals surface area contributed by atoms with Crippen LogP contribution < -0.4 is 173 Å². The molecule has 5 aromatic carbocycles. The van der Waals surface area contributed by atoms with Crippen molar-refractivity contribution in [2.75, 3.05) is 34.9 Å². The van der Waals surface area contributed by atoms with E-state index in [0.717, 1.165) is 79.6 Å². The molecule has 414 valence electrons. The number of nitrogens with zero attached hydrogens (tertiary/aromatic N) is 8. The number of aromatic nitrogens is 3. The van der Waals surface area contributed by atoms with Gasteiger partial charge in [-0.1, -0.05) is 12.6 Å². The van der Waals surface area contributed by atoms with Crippen molar-refractivity contribution in [1.29, 1.82) is 0 Å². The topological polar surface area (TPSA) is 483 Å². The second-order valence-electron chi connectivity index (χ2n) is 15.1. The number of aromatic hydroxyl groups is 1. The van der Waals surface area contributed by atoms with Crippen LogP contribution in [0, 0.1) is 6.08 Å². The molecule has 0 saturated heterocycles. The Morgan fingerprint density at radius 3 is 2.02 bits per heavy atom. The second-order valence-corrected chi connectivity index (χ2v) is 23.3. The van der Waals surface area contributed by atoms with Crippen molar-refractivity contribution >= 4 is 131 Å². The van der Waals surface area contributed by atoms with Gasteiger partial charge in [-0.3, -0.25) is 14.6 Å². The quantitative estimate of drug-likeness (QED) is 0.0102. The van der Waals surface area contributed by atoms with E-state index >= 15 is 4.39 Å². The minimum atomic E-state index is -5.79. The van der Waals surface area contributed by atoms with Crippen LogP contribution in [0.1, 0.15) is 6.92 Å². The SMILES string of the molecule is C=CS(=O)(=O)CCN(c1cccc(S(=O)(=O)[O-])c1)c1nc(F)nc(Nc2ccc(S(=O)(=O)[O-])c(N=NC(C(C)=O)C(=O)Nc3ccc4c(O)c(N=Nc5ccc(OC)cc5S(=O)(=O)[O-])c(SOO[O-])cc4c3S(=O)(=O)[O-])c2)n1.[Na+].[Na+].[Na+].[Na+].[Na+]. The number of phenolic OH excluding ortho intramolecular Hbond substituents is 1. The Kier molecular flexibility index (Phi) is 30.8. The molecule has 1 unspecified atom stereocenters. The third-order valence-electron chi connectivity index (χ3n) is 10.0. The van der Waals surface area contributed by atoms with Crippen LogP contribution in [0.4, 0.5) is 50.4 Å². The Morgan fingerprint density at radius 1 is 0.783 bits per heavy atom. The minimum absolute atomic E-state index is 0. The van der Waals surface area contributed by atoms with Crippen molar-refractivity contribution in [1.82, 2.24) is 15.0 Å². The molecule has 1 amide bonds. The molecule has 43 heteroatoms. The van der Waals surface area contributed by atoms with Gasteiger partial charge >= 0.3 is 154 Å². The number of methoxy groups -OCH3 is 1. The maximum Gasteiger partial charge on any atom is 1.00 e. The second kappa shape index (κ2) is 32.6. The maximum absolute atomic E-state index is 15.1. The first-order valence-corrected chi connectivity index (χ1v) is 28.6. The van der Waals surface area contributed by atoms with Crippen LogP contribution >= 0.6 is 12.0 Å². The first-order valence-electron chi connectivity index (χ1n) is 20.5. The van der Waals surface area contributed by atoms with E-state index in [1.165, 1.54) is 12.1 Å². The van der Waals surface area contributed by atoms with E-state index in [9.17, 15) is 80.3 Å². The van der Waals surface area contributed by atoms with E-state index in [-0.39, 0.29) is 177 Å². The van der Waals surface area contributed by atoms with Crippen molar-refractivity contribution in [2.24, 2.45) is 20.5 Å². The summed E-state index contributed by atoms with van der Waals surface area (Å²) in [4.78, 5) is 33.8. The number of amides is 1. The number of anilines is 5. The predicted octanol–water partition coefficient (Wildman–Crippen LogP) is -11.7. The number of azo groups is 2. The summed E-state index contributed by atoms with van der Waals surface area (Å²) in [6, 6.07) is 9.31. The Morgan fingerprint density at radius 2 is 1.45 bits per heavy atom. The van der Waals surface area contributed by atoms with E-state index in [1.54, 1.807) is 0 Å². The summed E-state index contributed by atoms with van der Waals surface area (Å²) in [5, 5.41) is 43.8. The van der Waals surface area contributed by atoms with Crippen LogP contribution in [0.5, 0.6) is 11.5 Å². The molecule has 6 rings (SSSR count). The number of rotatable bonds is 23. The monoisotopic (exact) mass is 1310 g/mol. The van der Waals surface area contributed by atoms with Gasteiger partial charge < -0.3 is 48.8 Å². The number of carbonyl (C=O) groups is 2. The fourth-order valence-electron chi connectivity index (χ4n) is 6.60. The van der Waals surface area contributed by atoms with Gasteiger partial charge in [0.2, 0.25) is 17.9 Å². The van der Waals surface area contributed by atoms with Crippen molar-refractivity contribution in [2.45, 2.75) is 37.4 Å². The molecular weight excluding hydrogens is 1280 g/mol. The number of nitrogens with one attached hydrogen (secondary N) is 2. The van der Waals surface area contributed by atoms with Crippen molar-refractivity contribution < 1.29 is 247 Å². The summed E-state index contributed by atoms with van der Waals surface area (Å²) < 4.78 is 196. The van der Waals surface area contributed by atoms with Crippen LogP contribution in [0.3, 0.4) is 0 Å². The number of hydrogen-bond donors (Lipinski definition) is 3. The summed E-state index contributed by atoms with van der Waals surface area (Å²) in [6.45, 7) is 3.35. The summed E-state index contributed by atoms with van der Waals surface area (Å²) in [6.07, 6.45) is -1.55. The Hall–Kier alpha value is -2.60. The molecule has 1 heterocycles. The van der Waals surface area contributed by atoms with Gasteiger partial charge in [0, 0.05) is 34.1 Å². The van der Waals surface area contributed by atoms with Crippen LogP contribution in [-0.2, 0) is 69.3 Å². The Labute approximate surface area is 585 Å². The van der Waals surface area contributed by atoms with Gasteiger partial charge in [0.25, 0.3) is 5.91 Å². The molecular formula is C40H30FN10Na5O21S6. The van der Waals surface area contributed by atoms with Gasteiger partial charge in [-0.15, -0.1) is 10.2 Å². The standard InChI is InChI=1S/C40H35FN10O21S6.5Na/c1-4-74(56,57)15-14-51(22-6-5-7-24(17-22)75(58,59)60)40-45-38(41)44-39(46-40)42-21-8-13-31(76(61,62)63)29(16-21)48-49-33(20(2)52)37(54)43-28-12-10-25-26(36(28)78(67,68)69)19-30(73-72-71-55)34(35(25)53)50-47-27-11-9-23(70-3)18-32(27)77(64,65)66;;;;;/h4-13,16-19,33,53,55H,1,14-15H2,2-3H3,(H,43,54)(H,58,59,60)(H,61,62,63)(H,64,65,66)(H,67,68,69)(H,42,44,45,46);;;;;/q;5*+1/p-5. The fourth-order valence-corrected chi connectivity index (χ4v) is 10.2. The van der Waals surface area contributed by atoms with Crippen molar-refractivity contribution in [3.8, 4) is 11.5 Å². The van der Waals surface area contributed by atoms with E-state index in [1.807, 2.05) is 5.32 Å². The summed E-state index contributed by atoms with van der Waals surface area (Å²) in [5.41, 5.74) is -3.69. The molecule has 0 saturated carbocycles. The third kappa shape index (κ3) is 20.8. The number of benzene rings is 5. The smallest absolute Gasteiger partial charge is 0.744 e. The number of ether oxygens (including phenoxy) is 1. The largest absolute Gasteiger partial charge is 1.00 e. The molecule has 0 aliphatic carbocycles. The molecule has 3 N–H and O–H groups in total. The van der Waals surface area contributed by atoms with E-state index < -0.39 is 162 Å². The van der Waals surface area contributed by atoms with Gasteiger partial charge in [-0.2, -0.15) is 33.9 Å². The zero-order valence-electron chi connectivity index (χ0n) is 43.8. The van der Waals surface area contributed by atoms with E-state index in [2.05, 4.69) is 56.7 Å². The molecule has 0 bridgehead atoms. The summed E-state index contributed by atoms with van der Waals surface area (Å²) >= 11 is -0.0602. The number of ketones is 1. The van der Waals surface area contributed by atoms with Crippen LogP contribution in [0.15, 0.2) is 136 Å². The van der Waals surface area contributed by atoms with E-state index in [0.29, 0.717) is 11.5 Å². The number of carbonyl (C=O) groups excluding carboxylic acids is 2. The Bertz CT molecular complexity index is 4090. The van der Waals surface area contributed by atoms with Gasteiger partial charge in [0.15, 0.2) is 21.4 Å². The summed E-state index contributed by atoms with van der Waals surface area (Å²) in [5.74, 6) is -6.03. The third-order valence-corrected chi connectivity index (χ3v) is 15.4. The molecule has 0 aliphatic heterocycles. The Balaban J connectivity index is 0.00000689. The zero-order valence-corrected chi connectivity index (χ0v) is 58.7. The molecule has 83 heavy (non-hydrogen) atoms. The molecule has 0 fully saturated rings. The number of sulfone groups is 1. The normalized spacial score (nSPS) is 12.1. The number of halogens is 1. The molecule has 31 nitrogen and oxygen atoms in total. The molecule has 1 aromatic heterocycles. The number of Topliss-reactive ketones (excluding diaryl/α,β-unsaturated/α-hetero) is 1. The first kappa shape index (κ1) is 78.4. The number of hydrogen-bond acceptors (Lipinski definition) is 31. The maximum atomic E-state index is 15.1. The van der Waals surface area contributed by atoms with Crippen LogP contribution in [0.2, 0.25) is 0 Å². The van der Waals surface area contributed by atoms with Gasteiger partial charge in [0.1, 0.15) is 63.3 Å². The minimum Gasteiger partial charge on any atom is -0.744 e. The predicted molar refractivity (Wildman–Crippen MR) is 257 cm³/mol. The molecule has 0 aliphatic rings. The fraction of sp³-hybridized carbons (Fsp3) is 0.125. The number of fused-ring (bicyclic) bond motifs is 1. The van der Waals surface area contributed by atoms with Gasteiger partial charge in [0.05, 0.1) is 55.1 Å². The summed E-state index contributed by atoms with van der Waals surface area (Å²) in [7, 11) is -24.4. The average molecular weight is 1310 g/mol. The van der Waals surface area contributed by atoms with Gasteiger partial charge in [-0.25, -0.2) is 42.1 Å². The molecule has 1 atom stereocenters. The zero-order chi connectivity index (χ0) is 57.7. The molecule has 0 radical (unpaired) electrons. The number of phenols is 1. The van der Waals surface area contributed by atoms with Gasteiger partial charge in [-0.05, 0) is 79.7 Å². The van der Waals surface area contributed by atoms with Crippen molar-refractivity contribution in [3.05, 3.63) is 96.9 Å².